The van der Waals surface area contributed by atoms with E-state index in [2.05, 4.69) is 0 Å². The van der Waals surface area contributed by atoms with E-state index in [1.54, 1.807) is 28.4 Å². The molecule has 6 nitrogen and oxygen atoms in total. The van der Waals surface area contributed by atoms with Gasteiger partial charge >= 0.3 is 5.97 Å². The van der Waals surface area contributed by atoms with Gasteiger partial charge in [-0.25, -0.2) is 4.79 Å². The zero-order valence-corrected chi connectivity index (χ0v) is 16.1. The van der Waals surface area contributed by atoms with Crippen molar-refractivity contribution in [3.8, 4) is 34.1 Å². The molecule has 0 amide bonds. The van der Waals surface area contributed by atoms with Gasteiger partial charge in [0.25, 0.3) is 0 Å². The fourth-order valence-electron chi connectivity index (χ4n) is 3.64. The van der Waals surface area contributed by atoms with E-state index in [9.17, 15) is 4.79 Å². The van der Waals surface area contributed by atoms with E-state index >= 15 is 0 Å². The second kappa shape index (κ2) is 6.96. The van der Waals surface area contributed by atoms with Gasteiger partial charge in [-0.05, 0) is 52.2 Å². The number of rotatable bonds is 5. The number of benzene rings is 3. The highest BCUT2D eigenvalue weighted by Crippen LogP contribution is 2.44. The highest BCUT2D eigenvalue weighted by molar-refractivity contribution is 6.08. The Labute approximate surface area is 162 Å². The number of esters is 1. The summed E-state index contributed by atoms with van der Waals surface area (Å²) in [6, 6.07) is 11.3. The van der Waals surface area contributed by atoms with Gasteiger partial charge in [-0.1, -0.05) is 6.07 Å². The van der Waals surface area contributed by atoms with Gasteiger partial charge in [0.05, 0.1) is 34.0 Å². The predicted molar refractivity (Wildman–Crippen MR) is 105 cm³/mol. The van der Waals surface area contributed by atoms with Crippen molar-refractivity contribution in [1.29, 1.82) is 0 Å². The van der Waals surface area contributed by atoms with Gasteiger partial charge in [0.1, 0.15) is 6.61 Å². The first-order chi connectivity index (χ1) is 13.6. The van der Waals surface area contributed by atoms with Crippen LogP contribution in [0, 0.1) is 0 Å². The fourth-order valence-corrected chi connectivity index (χ4v) is 3.64. The average Bonchev–Trinajstić information content (AvgIpc) is 3.10. The highest BCUT2D eigenvalue weighted by Gasteiger charge is 2.27. The van der Waals surface area contributed by atoms with Gasteiger partial charge in [0.15, 0.2) is 23.0 Å². The first kappa shape index (κ1) is 18.0. The van der Waals surface area contributed by atoms with Crippen molar-refractivity contribution in [2.75, 3.05) is 28.4 Å². The summed E-state index contributed by atoms with van der Waals surface area (Å²) in [6.45, 7) is 0.224. The lowest BCUT2D eigenvalue weighted by atomic mass is 9.90. The van der Waals surface area contributed by atoms with Crippen molar-refractivity contribution < 1.29 is 28.5 Å². The van der Waals surface area contributed by atoms with Crippen molar-refractivity contribution in [3.05, 3.63) is 47.5 Å². The van der Waals surface area contributed by atoms with Crippen molar-refractivity contribution in [1.82, 2.24) is 0 Å². The van der Waals surface area contributed by atoms with E-state index in [1.165, 1.54) is 0 Å². The minimum absolute atomic E-state index is 0.224. The van der Waals surface area contributed by atoms with Crippen LogP contribution < -0.4 is 18.9 Å². The molecule has 28 heavy (non-hydrogen) atoms. The van der Waals surface area contributed by atoms with Crippen molar-refractivity contribution in [2.45, 2.75) is 6.61 Å². The van der Waals surface area contributed by atoms with E-state index in [0.717, 1.165) is 27.5 Å². The highest BCUT2D eigenvalue weighted by atomic mass is 16.5. The molecule has 3 aromatic carbocycles. The third-order valence-corrected chi connectivity index (χ3v) is 4.99. The van der Waals surface area contributed by atoms with Crippen LogP contribution in [0.25, 0.3) is 21.9 Å². The molecule has 0 atom stereocenters. The van der Waals surface area contributed by atoms with E-state index in [-0.39, 0.29) is 12.6 Å². The monoisotopic (exact) mass is 380 g/mol. The lowest BCUT2D eigenvalue weighted by Crippen LogP contribution is -1.98. The maximum atomic E-state index is 12.3. The molecule has 0 aromatic heterocycles. The molecule has 0 N–H and O–H groups in total. The van der Waals surface area contributed by atoms with E-state index in [1.807, 2.05) is 36.4 Å². The number of fused-ring (bicyclic) bond motifs is 2. The largest absolute Gasteiger partial charge is 0.493 e. The molecule has 0 saturated heterocycles. The molecule has 144 valence electrons. The van der Waals surface area contributed by atoms with Crippen LogP contribution in [0.4, 0.5) is 0 Å². The number of ether oxygens (including phenoxy) is 5. The van der Waals surface area contributed by atoms with Crippen LogP contribution in [0.1, 0.15) is 15.9 Å². The molecule has 1 aliphatic heterocycles. The van der Waals surface area contributed by atoms with Crippen LogP contribution in [0.3, 0.4) is 0 Å². The quantitative estimate of drug-likeness (QED) is 0.618. The summed E-state index contributed by atoms with van der Waals surface area (Å²) >= 11 is 0. The molecule has 6 heteroatoms. The molecule has 1 aliphatic rings. The molecular weight excluding hydrogens is 360 g/mol. The molecule has 0 saturated carbocycles. The minimum atomic E-state index is -0.326. The van der Waals surface area contributed by atoms with Crippen molar-refractivity contribution in [2.24, 2.45) is 0 Å². The van der Waals surface area contributed by atoms with Crippen LogP contribution in [0.2, 0.25) is 0 Å². The third kappa shape index (κ3) is 2.69. The molecular formula is C22H20O6. The first-order valence-electron chi connectivity index (χ1n) is 8.72. The molecule has 0 unspecified atom stereocenters. The lowest BCUT2D eigenvalue weighted by molar-refractivity contribution is 0.0535. The standard InChI is InChI=1S/C22H20O6/c1-24-17-6-5-12(8-18(17)25-2)21-14-10-20(27-4)19(26-3)9-13(14)7-15-16(21)11-28-22(15)23/h5-10H,11H2,1-4H3. The maximum Gasteiger partial charge on any atom is 0.338 e. The minimum Gasteiger partial charge on any atom is -0.493 e. The van der Waals surface area contributed by atoms with Crippen LogP contribution >= 0.6 is 0 Å². The Balaban J connectivity index is 2.07. The van der Waals surface area contributed by atoms with Gasteiger partial charge in [-0.15, -0.1) is 0 Å². The SMILES string of the molecule is COc1ccc(-c2c3c(cc4cc(OC)c(OC)cc24)C(=O)OC3)cc1OC. The molecule has 0 fully saturated rings. The van der Waals surface area contributed by atoms with E-state index < -0.39 is 0 Å². The topological polar surface area (TPSA) is 63.2 Å². The first-order valence-corrected chi connectivity index (χ1v) is 8.72. The number of carbonyl (C=O) groups is 1. The molecule has 0 radical (unpaired) electrons. The fraction of sp³-hybridized carbons (Fsp3) is 0.227. The van der Waals surface area contributed by atoms with Crippen LogP contribution in [-0.4, -0.2) is 34.4 Å². The maximum absolute atomic E-state index is 12.3. The number of hydrogen-bond acceptors (Lipinski definition) is 6. The van der Waals surface area contributed by atoms with E-state index in [4.69, 9.17) is 23.7 Å². The Hall–Kier alpha value is -3.41. The summed E-state index contributed by atoms with van der Waals surface area (Å²) in [4.78, 5) is 12.3. The number of methoxy groups -OCH3 is 4. The number of hydrogen-bond donors (Lipinski definition) is 0. The molecule has 0 bridgehead atoms. The van der Waals surface area contributed by atoms with Gasteiger partial charge in [-0.3, -0.25) is 0 Å². The summed E-state index contributed by atoms with van der Waals surface area (Å²) < 4.78 is 27.0. The van der Waals surface area contributed by atoms with Crippen LogP contribution in [-0.2, 0) is 11.3 Å². The second-order valence-corrected chi connectivity index (χ2v) is 6.35. The lowest BCUT2D eigenvalue weighted by Gasteiger charge is -2.16. The summed E-state index contributed by atoms with van der Waals surface area (Å²) in [5, 5.41) is 1.79. The Kier molecular flexibility index (Phi) is 4.47. The molecule has 1 heterocycles. The third-order valence-electron chi connectivity index (χ3n) is 4.99. The van der Waals surface area contributed by atoms with Gasteiger partial charge in [0.2, 0.25) is 0 Å². The second-order valence-electron chi connectivity index (χ2n) is 6.35. The van der Waals surface area contributed by atoms with Crippen LogP contribution in [0.5, 0.6) is 23.0 Å². The Morgan fingerprint density at radius 3 is 2.11 bits per heavy atom. The van der Waals surface area contributed by atoms with Crippen molar-refractivity contribution in [3.63, 3.8) is 0 Å². The Morgan fingerprint density at radius 1 is 0.786 bits per heavy atom. The zero-order chi connectivity index (χ0) is 19.8. The molecule has 3 aromatic rings. The van der Waals surface area contributed by atoms with Crippen LogP contribution in [0.15, 0.2) is 36.4 Å². The van der Waals surface area contributed by atoms with Gasteiger partial charge in [-0.2, -0.15) is 0 Å². The molecule has 4 rings (SSSR count). The smallest absolute Gasteiger partial charge is 0.338 e. The number of cyclic esters (lactones) is 1. The zero-order valence-electron chi connectivity index (χ0n) is 16.1. The molecule has 0 spiro atoms. The predicted octanol–water partition coefficient (Wildman–Crippen LogP) is 4.21. The number of carbonyl (C=O) groups excluding carboxylic acids is 1. The summed E-state index contributed by atoms with van der Waals surface area (Å²) in [5.74, 6) is 2.13. The summed E-state index contributed by atoms with van der Waals surface area (Å²) in [5.41, 5.74) is 3.20. The Morgan fingerprint density at radius 2 is 1.43 bits per heavy atom. The van der Waals surface area contributed by atoms with Gasteiger partial charge < -0.3 is 23.7 Å². The normalized spacial score (nSPS) is 12.5. The van der Waals surface area contributed by atoms with Gasteiger partial charge in [0, 0.05) is 5.56 Å². The van der Waals surface area contributed by atoms with Crippen molar-refractivity contribution >= 4 is 16.7 Å². The summed E-state index contributed by atoms with van der Waals surface area (Å²) in [7, 11) is 6.37. The van der Waals surface area contributed by atoms with E-state index in [0.29, 0.717) is 28.6 Å². The average molecular weight is 380 g/mol. The molecule has 0 aliphatic carbocycles. The Bertz CT molecular complexity index is 1090. The summed E-state index contributed by atoms with van der Waals surface area (Å²) in [6.07, 6.45) is 0.